The molecule has 0 radical (unpaired) electrons. The first-order valence-electron chi connectivity index (χ1n) is 8.09. The van der Waals surface area contributed by atoms with Crippen LogP contribution in [-0.4, -0.2) is 64.1 Å². The third-order valence-corrected chi connectivity index (χ3v) is 5.28. The fourth-order valence-corrected chi connectivity index (χ4v) is 3.90. The molecule has 0 saturated carbocycles. The van der Waals surface area contributed by atoms with Crippen molar-refractivity contribution in [2.45, 2.75) is 18.4 Å². The molecule has 1 spiro atoms. The van der Waals surface area contributed by atoms with Crippen LogP contribution in [0.2, 0.25) is 0 Å². The van der Waals surface area contributed by atoms with E-state index in [0.29, 0.717) is 25.4 Å². The van der Waals surface area contributed by atoms with Gasteiger partial charge in [0, 0.05) is 37.4 Å². The van der Waals surface area contributed by atoms with Crippen LogP contribution in [0.15, 0.2) is 29.4 Å². The summed E-state index contributed by atoms with van der Waals surface area (Å²) in [4.78, 5) is 29.3. The zero-order valence-electron chi connectivity index (χ0n) is 13.3. The van der Waals surface area contributed by atoms with Crippen LogP contribution in [0.4, 0.5) is 5.95 Å². The third-order valence-electron chi connectivity index (χ3n) is 4.70. The summed E-state index contributed by atoms with van der Waals surface area (Å²) in [5.41, 5.74) is 2.02. The number of nitrogens with zero attached hydrogens (tertiary/aromatic N) is 5. The molecular formula is C16H19N5O2S. The molecular weight excluding hydrogens is 326 g/mol. The lowest BCUT2D eigenvalue weighted by atomic mass is 9.89. The van der Waals surface area contributed by atoms with Gasteiger partial charge < -0.3 is 14.5 Å². The molecule has 24 heavy (non-hydrogen) atoms. The highest BCUT2D eigenvalue weighted by atomic mass is 32.1. The van der Waals surface area contributed by atoms with E-state index in [-0.39, 0.29) is 11.5 Å². The Morgan fingerprint density at radius 3 is 2.67 bits per heavy atom. The van der Waals surface area contributed by atoms with E-state index in [4.69, 9.17) is 4.74 Å². The first kappa shape index (κ1) is 15.5. The van der Waals surface area contributed by atoms with Gasteiger partial charge in [-0.1, -0.05) is 0 Å². The van der Waals surface area contributed by atoms with Gasteiger partial charge in [0.05, 0.1) is 24.3 Å². The topological polar surface area (TPSA) is 71.5 Å². The number of carbonyl (C=O) groups is 1. The lowest BCUT2D eigenvalue weighted by molar-refractivity contribution is -0.0872. The first-order chi connectivity index (χ1) is 11.8. The van der Waals surface area contributed by atoms with E-state index in [1.165, 1.54) is 11.3 Å². The molecule has 4 rings (SSSR count). The Balaban J connectivity index is 1.41. The van der Waals surface area contributed by atoms with Gasteiger partial charge in [0.15, 0.2) is 0 Å². The van der Waals surface area contributed by atoms with E-state index in [1.807, 2.05) is 11.0 Å². The second-order valence-corrected chi connectivity index (χ2v) is 6.89. The lowest BCUT2D eigenvalue weighted by Crippen LogP contribution is -2.58. The molecule has 2 fully saturated rings. The highest BCUT2D eigenvalue weighted by molar-refractivity contribution is 7.07. The summed E-state index contributed by atoms with van der Waals surface area (Å²) >= 11 is 1.45. The molecule has 0 unspecified atom stereocenters. The predicted molar refractivity (Wildman–Crippen MR) is 90.2 cm³/mol. The van der Waals surface area contributed by atoms with Gasteiger partial charge in [0.1, 0.15) is 5.69 Å². The van der Waals surface area contributed by atoms with Gasteiger partial charge in [-0.05, 0) is 18.9 Å². The highest BCUT2D eigenvalue weighted by Gasteiger charge is 2.41. The van der Waals surface area contributed by atoms with Gasteiger partial charge in [-0.25, -0.2) is 15.0 Å². The van der Waals surface area contributed by atoms with Gasteiger partial charge in [-0.2, -0.15) is 0 Å². The fraction of sp³-hybridized carbons (Fsp3) is 0.500. The second kappa shape index (κ2) is 6.45. The number of anilines is 1. The number of piperidine rings is 1. The highest BCUT2D eigenvalue weighted by Crippen LogP contribution is 2.31. The molecule has 2 aliphatic heterocycles. The minimum atomic E-state index is -0.212. The van der Waals surface area contributed by atoms with E-state index >= 15 is 0 Å². The molecule has 2 aromatic heterocycles. The minimum absolute atomic E-state index is 0.0187. The van der Waals surface area contributed by atoms with E-state index in [0.717, 1.165) is 31.9 Å². The van der Waals surface area contributed by atoms with Crippen molar-refractivity contribution in [1.29, 1.82) is 0 Å². The zero-order valence-corrected chi connectivity index (χ0v) is 14.1. The van der Waals surface area contributed by atoms with Crippen molar-refractivity contribution in [1.82, 2.24) is 19.9 Å². The number of rotatable bonds is 2. The van der Waals surface area contributed by atoms with Crippen molar-refractivity contribution in [3.63, 3.8) is 0 Å². The number of hydrogen-bond acceptors (Lipinski definition) is 7. The Hall–Kier alpha value is -2.06. The van der Waals surface area contributed by atoms with Gasteiger partial charge in [0.25, 0.3) is 5.91 Å². The quantitative estimate of drug-likeness (QED) is 0.820. The summed E-state index contributed by atoms with van der Waals surface area (Å²) in [6, 6.07) is 1.82. The Labute approximate surface area is 144 Å². The van der Waals surface area contributed by atoms with E-state index in [2.05, 4.69) is 19.9 Å². The Morgan fingerprint density at radius 1 is 1.17 bits per heavy atom. The molecule has 2 aromatic rings. The summed E-state index contributed by atoms with van der Waals surface area (Å²) in [5, 5.41) is 1.80. The third kappa shape index (κ3) is 2.99. The molecule has 0 N–H and O–H groups in total. The standard InChI is InChI=1S/C16H19N5O2S/c22-14(13-10-24-12-19-13)20-6-2-16(3-7-20)11-21(8-9-23-16)15-17-4-1-5-18-15/h1,4-5,10,12H,2-3,6-9,11H2. The van der Waals surface area contributed by atoms with Crippen LogP contribution in [0, 0.1) is 0 Å². The molecule has 1 amide bonds. The van der Waals surface area contributed by atoms with Crippen LogP contribution in [0.25, 0.3) is 0 Å². The molecule has 2 aliphatic rings. The molecule has 2 saturated heterocycles. The van der Waals surface area contributed by atoms with Crippen LogP contribution in [0.1, 0.15) is 23.3 Å². The van der Waals surface area contributed by atoms with E-state index < -0.39 is 0 Å². The number of ether oxygens (including phenoxy) is 1. The van der Waals surface area contributed by atoms with Crippen LogP contribution >= 0.6 is 11.3 Å². The average Bonchev–Trinajstić information content (AvgIpc) is 3.17. The van der Waals surface area contributed by atoms with E-state index in [1.54, 1.807) is 23.3 Å². The molecule has 0 aromatic carbocycles. The van der Waals surface area contributed by atoms with Crippen molar-refractivity contribution in [2.24, 2.45) is 0 Å². The molecule has 4 heterocycles. The van der Waals surface area contributed by atoms with Crippen LogP contribution in [0.5, 0.6) is 0 Å². The zero-order chi connectivity index (χ0) is 16.4. The smallest absolute Gasteiger partial charge is 0.273 e. The first-order valence-corrected chi connectivity index (χ1v) is 9.03. The van der Waals surface area contributed by atoms with Crippen molar-refractivity contribution >= 4 is 23.2 Å². The molecule has 126 valence electrons. The maximum atomic E-state index is 12.4. The SMILES string of the molecule is O=C(c1cscn1)N1CCC2(CC1)CN(c1ncccn1)CCO2. The van der Waals surface area contributed by atoms with Gasteiger partial charge in [0.2, 0.25) is 5.95 Å². The summed E-state index contributed by atoms with van der Waals surface area (Å²) in [6.07, 6.45) is 5.18. The molecule has 0 bridgehead atoms. The number of carbonyl (C=O) groups excluding carboxylic acids is 1. The number of aromatic nitrogens is 3. The predicted octanol–water partition coefficient (Wildman–Crippen LogP) is 1.44. The van der Waals surface area contributed by atoms with Crippen molar-refractivity contribution in [3.05, 3.63) is 35.0 Å². The van der Waals surface area contributed by atoms with Gasteiger partial charge >= 0.3 is 0 Å². The monoisotopic (exact) mass is 345 g/mol. The number of amides is 1. The number of morpholine rings is 1. The lowest BCUT2D eigenvalue weighted by Gasteiger charge is -2.47. The maximum Gasteiger partial charge on any atom is 0.273 e. The van der Waals surface area contributed by atoms with Crippen LogP contribution in [-0.2, 0) is 4.74 Å². The van der Waals surface area contributed by atoms with Crippen LogP contribution < -0.4 is 4.90 Å². The average molecular weight is 345 g/mol. The van der Waals surface area contributed by atoms with E-state index in [9.17, 15) is 4.79 Å². The summed E-state index contributed by atoms with van der Waals surface area (Å²) in [5.74, 6) is 0.770. The van der Waals surface area contributed by atoms with Gasteiger partial charge in [-0.3, -0.25) is 4.79 Å². The molecule has 8 heteroatoms. The van der Waals surface area contributed by atoms with Crippen molar-refractivity contribution < 1.29 is 9.53 Å². The molecule has 7 nitrogen and oxygen atoms in total. The second-order valence-electron chi connectivity index (χ2n) is 6.17. The summed E-state index contributed by atoms with van der Waals surface area (Å²) in [7, 11) is 0. The summed E-state index contributed by atoms with van der Waals surface area (Å²) < 4.78 is 6.13. The van der Waals surface area contributed by atoms with Crippen LogP contribution in [0.3, 0.4) is 0 Å². The number of hydrogen-bond donors (Lipinski definition) is 0. The molecule has 0 atom stereocenters. The maximum absolute atomic E-state index is 12.4. The Bertz CT molecular complexity index is 686. The number of thiazole rings is 1. The largest absolute Gasteiger partial charge is 0.371 e. The summed E-state index contributed by atoms with van der Waals surface area (Å²) in [6.45, 7) is 3.63. The fourth-order valence-electron chi connectivity index (χ4n) is 3.37. The van der Waals surface area contributed by atoms with Crippen molar-refractivity contribution in [2.75, 3.05) is 37.7 Å². The Kier molecular flexibility index (Phi) is 4.15. The van der Waals surface area contributed by atoms with Gasteiger partial charge in [-0.15, -0.1) is 11.3 Å². The Morgan fingerprint density at radius 2 is 1.96 bits per heavy atom. The normalized spacial score (nSPS) is 20.3. The number of likely N-dealkylation sites (tertiary alicyclic amines) is 1. The molecule has 0 aliphatic carbocycles. The van der Waals surface area contributed by atoms with Crippen molar-refractivity contribution in [3.8, 4) is 0 Å². The minimum Gasteiger partial charge on any atom is -0.371 e.